The van der Waals surface area contributed by atoms with Crippen LogP contribution in [0.5, 0.6) is 0 Å². The molecule has 2 aromatic rings. The van der Waals surface area contributed by atoms with Crippen molar-refractivity contribution < 1.29 is 4.79 Å². The first kappa shape index (κ1) is 19.4. The molecule has 0 radical (unpaired) electrons. The van der Waals surface area contributed by atoms with Crippen LogP contribution in [-0.4, -0.2) is 60.3 Å². The van der Waals surface area contributed by atoms with Crippen molar-refractivity contribution >= 4 is 40.1 Å². The highest BCUT2D eigenvalue weighted by Crippen LogP contribution is 2.20. The molecule has 1 aromatic heterocycles. The SMILES string of the molecule is O=C(c1cccc(I)c1)N1CCN(c2ccc(N3CCCCCC3)nn2)CC1. The third kappa shape index (κ3) is 4.56. The van der Waals surface area contributed by atoms with Gasteiger partial charge in [-0.25, -0.2) is 0 Å². The van der Waals surface area contributed by atoms with Crippen molar-refractivity contribution in [3.8, 4) is 0 Å². The molecule has 1 aromatic carbocycles. The maximum absolute atomic E-state index is 12.7. The number of anilines is 2. The molecule has 0 spiro atoms. The van der Waals surface area contributed by atoms with Gasteiger partial charge in [-0.05, 0) is 65.8 Å². The molecular weight excluding hydrogens is 465 g/mol. The molecule has 0 bridgehead atoms. The van der Waals surface area contributed by atoms with E-state index in [4.69, 9.17) is 0 Å². The van der Waals surface area contributed by atoms with Gasteiger partial charge in [0.15, 0.2) is 11.6 Å². The zero-order valence-corrected chi connectivity index (χ0v) is 18.2. The molecule has 7 heteroatoms. The van der Waals surface area contributed by atoms with Gasteiger partial charge in [0.2, 0.25) is 0 Å². The lowest BCUT2D eigenvalue weighted by Crippen LogP contribution is -2.49. The van der Waals surface area contributed by atoms with Gasteiger partial charge >= 0.3 is 0 Å². The number of benzene rings is 1. The molecule has 2 fully saturated rings. The molecule has 148 valence electrons. The van der Waals surface area contributed by atoms with Crippen LogP contribution in [-0.2, 0) is 0 Å². The van der Waals surface area contributed by atoms with Gasteiger partial charge < -0.3 is 14.7 Å². The van der Waals surface area contributed by atoms with Crippen molar-refractivity contribution in [2.45, 2.75) is 25.7 Å². The molecule has 0 N–H and O–H groups in total. The number of rotatable bonds is 3. The Labute approximate surface area is 180 Å². The standard InChI is InChI=1S/C21H26IN5O/c22-18-7-5-6-17(16-18)21(28)27-14-12-26(13-15-27)20-9-8-19(23-24-20)25-10-3-1-2-4-11-25/h5-9,16H,1-4,10-15H2. The number of hydrogen-bond donors (Lipinski definition) is 0. The lowest BCUT2D eigenvalue weighted by atomic mass is 10.2. The second kappa shape index (κ2) is 9.07. The van der Waals surface area contributed by atoms with Gasteiger partial charge in [-0.1, -0.05) is 18.9 Å². The van der Waals surface area contributed by atoms with Crippen molar-refractivity contribution in [1.29, 1.82) is 0 Å². The first-order valence-corrected chi connectivity index (χ1v) is 11.2. The third-order valence-corrected chi connectivity index (χ3v) is 6.20. The summed E-state index contributed by atoms with van der Waals surface area (Å²) >= 11 is 2.24. The predicted molar refractivity (Wildman–Crippen MR) is 120 cm³/mol. The Morgan fingerprint density at radius 2 is 1.39 bits per heavy atom. The van der Waals surface area contributed by atoms with E-state index in [0.29, 0.717) is 13.1 Å². The van der Waals surface area contributed by atoms with E-state index < -0.39 is 0 Å². The number of piperazine rings is 1. The summed E-state index contributed by atoms with van der Waals surface area (Å²) in [6.07, 6.45) is 5.10. The van der Waals surface area contributed by atoms with Crippen molar-refractivity contribution in [3.05, 3.63) is 45.5 Å². The van der Waals surface area contributed by atoms with Crippen molar-refractivity contribution in [2.75, 3.05) is 49.1 Å². The molecule has 3 heterocycles. The summed E-state index contributed by atoms with van der Waals surface area (Å²) in [5.74, 6) is 2.00. The highest BCUT2D eigenvalue weighted by molar-refractivity contribution is 14.1. The van der Waals surface area contributed by atoms with E-state index in [9.17, 15) is 4.79 Å². The van der Waals surface area contributed by atoms with E-state index in [1.807, 2.05) is 29.2 Å². The van der Waals surface area contributed by atoms with Crippen LogP contribution < -0.4 is 9.80 Å². The Hall–Kier alpha value is -1.90. The molecule has 1 amide bonds. The first-order chi connectivity index (χ1) is 13.7. The summed E-state index contributed by atoms with van der Waals surface area (Å²) in [4.78, 5) is 19.2. The lowest BCUT2D eigenvalue weighted by molar-refractivity contribution is 0.0746. The van der Waals surface area contributed by atoms with Crippen LogP contribution in [0.4, 0.5) is 11.6 Å². The Morgan fingerprint density at radius 1 is 0.786 bits per heavy atom. The van der Waals surface area contributed by atoms with Gasteiger partial charge in [0, 0.05) is 48.4 Å². The summed E-state index contributed by atoms with van der Waals surface area (Å²) in [7, 11) is 0. The summed E-state index contributed by atoms with van der Waals surface area (Å²) in [6, 6.07) is 11.9. The minimum absolute atomic E-state index is 0.112. The van der Waals surface area contributed by atoms with Gasteiger partial charge in [0.05, 0.1) is 0 Å². The quantitative estimate of drug-likeness (QED) is 0.617. The molecule has 4 rings (SSSR count). The number of halogens is 1. The smallest absolute Gasteiger partial charge is 0.254 e. The number of nitrogens with zero attached hydrogens (tertiary/aromatic N) is 5. The predicted octanol–water partition coefficient (Wildman–Crippen LogP) is 3.42. The summed E-state index contributed by atoms with van der Waals surface area (Å²) in [5.41, 5.74) is 0.766. The van der Waals surface area contributed by atoms with E-state index in [1.54, 1.807) is 0 Å². The Balaban J connectivity index is 1.35. The van der Waals surface area contributed by atoms with Crippen LogP contribution in [0.1, 0.15) is 36.0 Å². The lowest BCUT2D eigenvalue weighted by Gasteiger charge is -2.35. The van der Waals surface area contributed by atoms with Gasteiger partial charge in [0.1, 0.15) is 0 Å². The fourth-order valence-electron chi connectivity index (χ4n) is 3.90. The first-order valence-electron chi connectivity index (χ1n) is 10.1. The Bertz CT molecular complexity index is 797. The van der Waals surface area contributed by atoms with Gasteiger partial charge in [0.25, 0.3) is 5.91 Å². The van der Waals surface area contributed by atoms with Crippen molar-refractivity contribution in [2.24, 2.45) is 0 Å². The van der Waals surface area contributed by atoms with E-state index in [-0.39, 0.29) is 5.91 Å². The molecule has 0 aliphatic carbocycles. The van der Waals surface area contributed by atoms with Crippen LogP contribution in [0, 0.1) is 3.57 Å². The molecular formula is C21H26IN5O. The van der Waals surface area contributed by atoms with Crippen LogP contribution in [0.2, 0.25) is 0 Å². The normalized spacial score (nSPS) is 18.1. The van der Waals surface area contributed by atoms with E-state index in [1.165, 1.54) is 25.7 Å². The number of carbonyl (C=O) groups is 1. The van der Waals surface area contributed by atoms with Crippen molar-refractivity contribution in [3.63, 3.8) is 0 Å². The molecule has 0 saturated carbocycles. The fourth-order valence-corrected chi connectivity index (χ4v) is 4.44. The van der Waals surface area contributed by atoms with Gasteiger partial charge in [-0.3, -0.25) is 4.79 Å². The van der Waals surface area contributed by atoms with Crippen LogP contribution in [0.25, 0.3) is 0 Å². The molecule has 28 heavy (non-hydrogen) atoms. The monoisotopic (exact) mass is 491 g/mol. The third-order valence-electron chi connectivity index (χ3n) is 5.53. The number of aromatic nitrogens is 2. The molecule has 0 atom stereocenters. The van der Waals surface area contributed by atoms with E-state index in [0.717, 1.165) is 46.9 Å². The Kier molecular flexibility index (Phi) is 6.29. The largest absolute Gasteiger partial charge is 0.355 e. The maximum atomic E-state index is 12.7. The molecule has 6 nitrogen and oxygen atoms in total. The van der Waals surface area contributed by atoms with Crippen LogP contribution >= 0.6 is 22.6 Å². The Morgan fingerprint density at radius 3 is 1.96 bits per heavy atom. The zero-order valence-electron chi connectivity index (χ0n) is 16.1. The fraction of sp³-hybridized carbons (Fsp3) is 0.476. The zero-order chi connectivity index (χ0) is 19.3. The molecule has 2 saturated heterocycles. The van der Waals surface area contributed by atoms with Crippen molar-refractivity contribution in [1.82, 2.24) is 15.1 Å². The maximum Gasteiger partial charge on any atom is 0.254 e. The summed E-state index contributed by atoms with van der Waals surface area (Å²) in [5, 5.41) is 8.96. The van der Waals surface area contributed by atoms with E-state index in [2.05, 4.69) is 54.7 Å². The van der Waals surface area contributed by atoms with E-state index >= 15 is 0 Å². The second-order valence-electron chi connectivity index (χ2n) is 7.44. The molecule has 0 unspecified atom stereocenters. The number of carbonyl (C=O) groups excluding carboxylic acids is 1. The van der Waals surface area contributed by atoms with Crippen LogP contribution in [0.15, 0.2) is 36.4 Å². The minimum Gasteiger partial charge on any atom is -0.355 e. The minimum atomic E-state index is 0.112. The van der Waals surface area contributed by atoms with Gasteiger partial charge in [-0.15, -0.1) is 10.2 Å². The van der Waals surface area contributed by atoms with Gasteiger partial charge in [-0.2, -0.15) is 0 Å². The number of amides is 1. The molecule has 2 aliphatic rings. The number of hydrogen-bond acceptors (Lipinski definition) is 5. The summed E-state index contributed by atoms with van der Waals surface area (Å²) in [6.45, 7) is 5.14. The molecule has 2 aliphatic heterocycles. The summed E-state index contributed by atoms with van der Waals surface area (Å²) < 4.78 is 1.09. The highest BCUT2D eigenvalue weighted by atomic mass is 127. The van der Waals surface area contributed by atoms with Crippen LogP contribution in [0.3, 0.4) is 0 Å². The average molecular weight is 491 g/mol. The highest BCUT2D eigenvalue weighted by Gasteiger charge is 2.23. The second-order valence-corrected chi connectivity index (χ2v) is 8.69. The average Bonchev–Trinajstić information content (AvgIpc) is 3.03. The topological polar surface area (TPSA) is 52.6 Å².